The van der Waals surface area contributed by atoms with E-state index in [1.165, 1.54) is 12.8 Å². The Morgan fingerprint density at radius 1 is 1.21 bits per heavy atom. The third-order valence-corrected chi connectivity index (χ3v) is 4.21. The highest BCUT2D eigenvalue weighted by Gasteiger charge is 2.16. The molecule has 3 N–H and O–H groups in total. The maximum Gasteiger partial charge on any atom is 0.221 e. The summed E-state index contributed by atoms with van der Waals surface area (Å²) < 4.78 is 0. The summed E-state index contributed by atoms with van der Waals surface area (Å²) in [7, 11) is 1.72. The fourth-order valence-electron chi connectivity index (χ4n) is 2.67. The lowest BCUT2D eigenvalue weighted by atomic mass is 10.2. The number of nitrogens with zero attached hydrogens (tertiary/aromatic N) is 1. The van der Waals surface area contributed by atoms with Crippen molar-refractivity contribution in [3.05, 3.63) is 34.9 Å². The molecule has 0 atom stereocenters. The zero-order valence-electron chi connectivity index (χ0n) is 14.0. The van der Waals surface area contributed by atoms with E-state index in [4.69, 9.17) is 11.6 Å². The Kier molecular flexibility index (Phi) is 10.1. The van der Waals surface area contributed by atoms with Gasteiger partial charge in [-0.3, -0.25) is 9.79 Å². The smallest absolute Gasteiger partial charge is 0.221 e. The molecule has 2 rings (SSSR count). The number of aliphatic imine (C=N–C) groups is 1. The minimum Gasteiger partial charge on any atom is -0.356 e. The monoisotopic (exact) mass is 464 g/mol. The number of halogens is 2. The fraction of sp³-hybridized carbons (Fsp3) is 0.529. The minimum absolute atomic E-state index is 0. The van der Waals surface area contributed by atoms with Crippen molar-refractivity contribution in [2.75, 3.05) is 13.6 Å². The third kappa shape index (κ3) is 7.70. The number of hydrogen-bond donors (Lipinski definition) is 3. The van der Waals surface area contributed by atoms with E-state index in [9.17, 15) is 4.79 Å². The van der Waals surface area contributed by atoms with Crippen LogP contribution in [0.15, 0.2) is 29.3 Å². The summed E-state index contributed by atoms with van der Waals surface area (Å²) in [6.45, 7) is 1.23. The van der Waals surface area contributed by atoms with E-state index in [0.717, 1.165) is 23.4 Å². The maximum absolute atomic E-state index is 11.9. The molecule has 0 heterocycles. The van der Waals surface area contributed by atoms with Crippen LogP contribution in [0.2, 0.25) is 5.02 Å². The number of benzene rings is 1. The fourth-order valence-corrected chi connectivity index (χ4v) is 2.80. The van der Waals surface area contributed by atoms with Gasteiger partial charge in [0.1, 0.15) is 0 Å². The number of guanidine groups is 1. The lowest BCUT2D eigenvalue weighted by Crippen LogP contribution is -2.40. The number of rotatable bonds is 6. The highest BCUT2D eigenvalue weighted by atomic mass is 127. The zero-order valence-corrected chi connectivity index (χ0v) is 17.1. The maximum atomic E-state index is 11.9. The molecule has 0 saturated heterocycles. The van der Waals surface area contributed by atoms with E-state index in [1.807, 2.05) is 24.3 Å². The number of carbonyl (C=O) groups excluding carboxylic acids is 1. The quantitative estimate of drug-likeness (QED) is 0.344. The second kappa shape index (κ2) is 11.5. The molecule has 7 heteroatoms. The summed E-state index contributed by atoms with van der Waals surface area (Å²) in [4.78, 5) is 16.0. The van der Waals surface area contributed by atoms with Crippen molar-refractivity contribution in [2.24, 2.45) is 4.99 Å². The van der Waals surface area contributed by atoms with Crippen molar-refractivity contribution in [1.29, 1.82) is 0 Å². The van der Waals surface area contributed by atoms with Crippen LogP contribution < -0.4 is 16.0 Å². The van der Waals surface area contributed by atoms with Gasteiger partial charge in [0, 0.05) is 37.6 Å². The predicted molar refractivity (Wildman–Crippen MR) is 110 cm³/mol. The van der Waals surface area contributed by atoms with Gasteiger partial charge in [0.05, 0.1) is 0 Å². The van der Waals surface area contributed by atoms with Crippen LogP contribution in [-0.4, -0.2) is 31.5 Å². The molecule has 1 aliphatic rings. The number of amides is 1. The molecule has 1 aromatic carbocycles. The Balaban J connectivity index is 0.00000288. The third-order valence-electron chi connectivity index (χ3n) is 3.96. The molecule has 0 radical (unpaired) electrons. The van der Waals surface area contributed by atoms with E-state index in [0.29, 0.717) is 31.5 Å². The molecular weight excluding hydrogens is 439 g/mol. The molecule has 1 fully saturated rings. The van der Waals surface area contributed by atoms with E-state index in [1.54, 1.807) is 7.05 Å². The second-order valence-corrected chi connectivity index (χ2v) is 6.21. The van der Waals surface area contributed by atoms with Crippen LogP contribution in [-0.2, 0) is 11.3 Å². The highest BCUT2D eigenvalue weighted by Crippen LogP contribution is 2.17. The number of hydrogen-bond acceptors (Lipinski definition) is 2. The van der Waals surface area contributed by atoms with Crippen molar-refractivity contribution < 1.29 is 4.79 Å². The van der Waals surface area contributed by atoms with Crippen LogP contribution in [0.3, 0.4) is 0 Å². The summed E-state index contributed by atoms with van der Waals surface area (Å²) in [6.07, 6.45) is 5.14. The van der Waals surface area contributed by atoms with Crippen LogP contribution >= 0.6 is 35.6 Å². The van der Waals surface area contributed by atoms with E-state index < -0.39 is 0 Å². The molecule has 1 amide bonds. The van der Waals surface area contributed by atoms with Crippen molar-refractivity contribution in [2.45, 2.75) is 44.7 Å². The summed E-state index contributed by atoms with van der Waals surface area (Å²) >= 11 is 5.87. The lowest BCUT2D eigenvalue weighted by Gasteiger charge is -2.14. The van der Waals surface area contributed by atoms with Crippen LogP contribution in [0.4, 0.5) is 0 Å². The van der Waals surface area contributed by atoms with E-state index in [2.05, 4.69) is 20.9 Å². The predicted octanol–water partition coefficient (Wildman–Crippen LogP) is 3.07. The van der Waals surface area contributed by atoms with Crippen molar-refractivity contribution >= 4 is 47.4 Å². The summed E-state index contributed by atoms with van der Waals surface area (Å²) in [5.41, 5.74) is 1.12. The first kappa shape index (κ1) is 21.0. The van der Waals surface area contributed by atoms with Gasteiger partial charge in [-0.05, 0) is 30.5 Å². The van der Waals surface area contributed by atoms with Gasteiger partial charge in [0.25, 0.3) is 0 Å². The summed E-state index contributed by atoms with van der Waals surface area (Å²) in [6, 6.07) is 8.05. The second-order valence-electron chi connectivity index (χ2n) is 5.78. The molecule has 24 heavy (non-hydrogen) atoms. The lowest BCUT2D eigenvalue weighted by molar-refractivity contribution is -0.121. The van der Waals surface area contributed by atoms with Gasteiger partial charge in [-0.15, -0.1) is 24.0 Å². The average Bonchev–Trinajstić information content (AvgIpc) is 3.05. The summed E-state index contributed by atoms with van der Waals surface area (Å²) in [5.74, 6) is 0.797. The first-order valence-electron chi connectivity index (χ1n) is 8.15. The Morgan fingerprint density at radius 2 is 1.88 bits per heavy atom. The van der Waals surface area contributed by atoms with Gasteiger partial charge in [0.15, 0.2) is 5.96 Å². The zero-order chi connectivity index (χ0) is 16.5. The van der Waals surface area contributed by atoms with Gasteiger partial charge in [0.2, 0.25) is 5.91 Å². The Bertz CT molecular complexity index is 530. The topological polar surface area (TPSA) is 65.5 Å². The molecule has 0 bridgehead atoms. The highest BCUT2D eigenvalue weighted by molar-refractivity contribution is 14.0. The SMILES string of the molecule is CN=C(NCCC(=O)NC1CCCC1)NCc1ccc(Cl)cc1.I. The molecule has 1 saturated carbocycles. The minimum atomic E-state index is 0. The first-order valence-corrected chi connectivity index (χ1v) is 8.53. The van der Waals surface area contributed by atoms with Crippen LogP contribution in [0.1, 0.15) is 37.7 Å². The molecular formula is C17H26ClIN4O. The first-order chi connectivity index (χ1) is 11.2. The normalized spacial score (nSPS) is 14.8. The molecule has 0 aromatic heterocycles. The van der Waals surface area contributed by atoms with Gasteiger partial charge in [-0.1, -0.05) is 36.6 Å². The Hall–Kier alpha value is -1.02. The van der Waals surface area contributed by atoms with Crippen molar-refractivity contribution in [1.82, 2.24) is 16.0 Å². The van der Waals surface area contributed by atoms with Gasteiger partial charge in [-0.25, -0.2) is 0 Å². The Morgan fingerprint density at radius 3 is 2.50 bits per heavy atom. The molecule has 134 valence electrons. The van der Waals surface area contributed by atoms with Crippen molar-refractivity contribution in [3.63, 3.8) is 0 Å². The average molecular weight is 465 g/mol. The van der Waals surface area contributed by atoms with Crippen LogP contribution in [0.5, 0.6) is 0 Å². The summed E-state index contributed by atoms with van der Waals surface area (Å²) in [5, 5.41) is 10.2. The largest absolute Gasteiger partial charge is 0.356 e. The van der Waals surface area contributed by atoms with Gasteiger partial charge in [-0.2, -0.15) is 0 Å². The Labute approximate surface area is 166 Å². The van der Waals surface area contributed by atoms with Crippen molar-refractivity contribution in [3.8, 4) is 0 Å². The molecule has 5 nitrogen and oxygen atoms in total. The molecule has 1 aromatic rings. The number of carbonyl (C=O) groups is 1. The number of nitrogens with one attached hydrogen (secondary N) is 3. The molecule has 0 aliphatic heterocycles. The van der Waals surface area contributed by atoms with Gasteiger partial charge < -0.3 is 16.0 Å². The van der Waals surface area contributed by atoms with Gasteiger partial charge >= 0.3 is 0 Å². The molecule has 0 unspecified atom stereocenters. The molecule has 1 aliphatic carbocycles. The van der Waals surface area contributed by atoms with E-state index >= 15 is 0 Å². The van der Waals surface area contributed by atoms with E-state index in [-0.39, 0.29) is 29.9 Å². The van der Waals surface area contributed by atoms with Crippen LogP contribution in [0, 0.1) is 0 Å². The van der Waals surface area contributed by atoms with Crippen LogP contribution in [0.25, 0.3) is 0 Å². The molecule has 0 spiro atoms. The standard InChI is InChI=1S/C17H25ClN4O.HI/c1-19-17(21-12-13-6-8-14(18)9-7-13)20-11-10-16(23)22-15-4-2-3-5-15;/h6-9,15H,2-5,10-12H2,1H3,(H,22,23)(H2,19,20,21);1H.